The molecule has 1 fully saturated rings. The van der Waals surface area contributed by atoms with Gasteiger partial charge in [-0.15, -0.1) is 24.0 Å². The van der Waals surface area contributed by atoms with Gasteiger partial charge in [0.1, 0.15) is 0 Å². The number of nitrogens with zero attached hydrogens (tertiary/aromatic N) is 2. The van der Waals surface area contributed by atoms with E-state index in [0.29, 0.717) is 6.04 Å². The second-order valence-corrected chi connectivity index (χ2v) is 7.67. The fourth-order valence-corrected chi connectivity index (χ4v) is 3.65. The van der Waals surface area contributed by atoms with Crippen molar-refractivity contribution in [2.24, 2.45) is 4.99 Å². The van der Waals surface area contributed by atoms with Gasteiger partial charge in [0.15, 0.2) is 5.96 Å². The van der Waals surface area contributed by atoms with Gasteiger partial charge in [0.05, 0.1) is 13.2 Å². The molecule has 1 aromatic rings. The lowest BCUT2D eigenvalue weighted by Gasteiger charge is -2.20. The van der Waals surface area contributed by atoms with Crippen LogP contribution in [-0.2, 0) is 4.74 Å². The van der Waals surface area contributed by atoms with E-state index in [1.165, 1.54) is 11.3 Å². The maximum atomic E-state index is 5.36. The monoisotopic (exact) mass is 548 g/mol. The Hall–Kier alpha value is -0.800. The molecule has 0 aliphatic carbocycles. The standard InChI is InChI=1S/C20H29BrN4O.HI/c1-2-22-20(23-11-7-16-9-13-26-14-10-16)24-18-8-12-25(15-18)19-5-3-17(21)4-6-19;/h3-6,9,18H,2,7-8,10-15H2,1H3,(H2,22,23,24);1H. The van der Waals surface area contributed by atoms with Crippen molar-refractivity contribution in [1.29, 1.82) is 0 Å². The number of aliphatic imine (C=N–C) groups is 1. The predicted octanol–water partition coefficient (Wildman–Crippen LogP) is 3.94. The fraction of sp³-hybridized carbons (Fsp3) is 0.550. The molecule has 27 heavy (non-hydrogen) atoms. The molecule has 0 spiro atoms. The first-order chi connectivity index (χ1) is 12.7. The van der Waals surface area contributed by atoms with Gasteiger partial charge in [-0.05, 0) is 50.5 Å². The van der Waals surface area contributed by atoms with Crippen molar-refractivity contribution in [2.75, 3.05) is 44.3 Å². The Morgan fingerprint density at radius 1 is 1.33 bits per heavy atom. The number of guanidine groups is 1. The summed E-state index contributed by atoms with van der Waals surface area (Å²) in [5.41, 5.74) is 2.75. The van der Waals surface area contributed by atoms with Gasteiger partial charge in [-0.25, -0.2) is 0 Å². The summed E-state index contributed by atoms with van der Waals surface area (Å²) in [5.74, 6) is 0.933. The molecule has 3 rings (SSSR count). The topological polar surface area (TPSA) is 48.9 Å². The third-order valence-electron chi connectivity index (χ3n) is 4.83. The number of benzene rings is 1. The SMILES string of the molecule is CCNC(=NCCC1=CCOCC1)NC1CCN(c2ccc(Br)cc2)C1.I. The zero-order chi connectivity index (χ0) is 18.2. The summed E-state index contributed by atoms with van der Waals surface area (Å²) in [4.78, 5) is 7.20. The van der Waals surface area contributed by atoms with Gasteiger partial charge in [0, 0.05) is 42.4 Å². The van der Waals surface area contributed by atoms with Crippen molar-refractivity contribution in [2.45, 2.75) is 32.2 Å². The quantitative estimate of drug-likeness (QED) is 0.245. The van der Waals surface area contributed by atoms with Crippen LogP contribution >= 0.6 is 39.9 Å². The zero-order valence-electron chi connectivity index (χ0n) is 15.9. The number of nitrogens with one attached hydrogen (secondary N) is 2. The van der Waals surface area contributed by atoms with Crippen LogP contribution in [0.2, 0.25) is 0 Å². The van der Waals surface area contributed by atoms with Crippen LogP contribution in [0.5, 0.6) is 0 Å². The first-order valence-electron chi connectivity index (χ1n) is 9.55. The molecule has 150 valence electrons. The van der Waals surface area contributed by atoms with Crippen molar-refractivity contribution >= 4 is 51.6 Å². The zero-order valence-corrected chi connectivity index (χ0v) is 19.8. The van der Waals surface area contributed by atoms with E-state index in [-0.39, 0.29) is 24.0 Å². The van der Waals surface area contributed by atoms with E-state index in [9.17, 15) is 0 Å². The Labute approximate surface area is 188 Å². The van der Waals surface area contributed by atoms with Crippen LogP contribution in [0.4, 0.5) is 5.69 Å². The van der Waals surface area contributed by atoms with Crippen LogP contribution in [0, 0.1) is 0 Å². The van der Waals surface area contributed by atoms with Crippen LogP contribution in [0.1, 0.15) is 26.2 Å². The summed E-state index contributed by atoms with van der Waals surface area (Å²) < 4.78 is 6.48. The molecule has 0 aromatic heterocycles. The normalized spacial score (nSPS) is 20.1. The van der Waals surface area contributed by atoms with Gasteiger partial charge in [0.25, 0.3) is 0 Å². The number of rotatable bonds is 6. The Morgan fingerprint density at radius 3 is 2.85 bits per heavy atom. The minimum absolute atomic E-state index is 0. The fourth-order valence-electron chi connectivity index (χ4n) is 3.38. The Kier molecular flexibility index (Phi) is 9.92. The van der Waals surface area contributed by atoms with Gasteiger partial charge in [0.2, 0.25) is 0 Å². The van der Waals surface area contributed by atoms with Crippen LogP contribution in [0.15, 0.2) is 45.4 Å². The van der Waals surface area contributed by atoms with Gasteiger partial charge in [-0.2, -0.15) is 0 Å². The molecule has 0 saturated carbocycles. The highest BCUT2D eigenvalue weighted by Gasteiger charge is 2.23. The summed E-state index contributed by atoms with van der Waals surface area (Å²) >= 11 is 3.50. The largest absolute Gasteiger partial charge is 0.377 e. The molecule has 2 heterocycles. The molecule has 1 saturated heterocycles. The number of halogens is 2. The van der Waals surface area contributed by atoms with E-state index in [1.807, 2.05) is 0 Å². The average Bonchev–Trinajstić information content (AvgIpc) is 3.12. The van der Waals surface area contributed by atoms with Gasteiger partial charge in [-0.1, -0.05) is 27.6 Å². The lowest BCUT2D eigenvalue weighted by atomic mass is 10.1. The molecule has 1 aromatic carbocycles. The summed E-state index contributed by atoms with van der Waals surface area (Å²) in [5, 5.41) is 6.99. The highest BCUT2D eigenvalue weighted by atomic mass is 127. The van der Waals surface area contributed by atoms with Crippen molar-refractivity contribution in [3.05, 3.63) is 40.4 Å². The molecule has 0 radical (unpaired) electrons. The first kappa shape index (κ1) is 22.5. The smallest absolute Gasteiger partial charge is 0.191 e. The van der Waals surface area contributed by atoms with Crippen LogP contribution in [0.25, 0.3) is 0 Å². The lowest BCUT2D eigenvalue weighted by Crippen LogP contribution is -2.44. The van der Waals surface area contributed by atoms with Crippen molar-refractivity contribution in [3.63, 3.8) is 0 Å². The molecule has 2 N–H and O–H groups in total. The molecular weight excluding hydrogens is 519 g/mol. The van der Waals surface area contributed by atoms with Crippen LogP contribution in [-0.4, -0.2) is 51.4 Å². The highest BCUT2D eigenvalue weighted by molar-refractivity contribution is 14.0. The summed E-state index contributed by atoms with van der Waals surface area (Å²) in [6, 6.07) is 8.98. The summed E-state index contributed by atoms with van der Waals surface area (Å²) in [6.07, 6.45) is 5.40. The molecular formula is C20H30BrIN4O. The molecule has 2 aliphatic rings. The number of hydrogen-bond acceptors (Lipinski definition) is 3. The number of anilines is 1. The molecule has 2 aliphatic heterocycles. The molecule has 1 atom stereocenters. The molecule has 7 heteroatoms. The Balaban J connectivity index is 0.00000261. The number of ether oxygens (including phenoxy) is 1. The second kappa shape index (κ2) is 11.9. The summed E-state index contributed by atoms with van der Waals surface area (Å²) in [6.45, 7) is 7.50. The lowest BCUT2D eigenvalue weighted by molar-refractivity contribution is 0.153. The van der Waals surface area contributed by atoms with Crippen molar-refractivity contribution in [1.82, 2.24) is 10.6 Å². The summed E-state index contributed by atoms with van der Waals surface area (Å²) in [7, 11) is 0. The highest BCUT2D eigenvalue weighted by Crippen LogP contribution is 2.22. The third kappa shape index (κ3) is 7.27. The van der Waals surface area contributed by atoms with Crippen LogP contribution in [0.3, 0.4) is 0 Å². The first-order valence-corrected chi connectivity index (χ1v) is 10.3. The van der Waals surface area contributed by atoms with E-state index < -0.39 is 0 Å². The van der Waals surface area contributed by atoms with E-state index in [4.69, 9.17) is 9.73 Å². The molecule has 1 unspecified atom stereocenters. The van der Waals surface area contributed by atoms with E-state index in [2.05, 4.69) is 68.7 Å². The van der Waals surface area contributed by atoms with E-state index >= 15 is 0 Å². The van der Waals surface area contributed by atoms with Crippen molar-refractivity contribution < 1.29 is 4.74 Å². The minimum Gasteiger partial charge on any atom is -0.377 e. The third-order valence-corrected chi connectivity index (χ3v) is 5.35. The predicted molar refractivity (Wildman–Crippen MR) is 127 cm³/mol. The number of hydrogen-bond donors (Lipinski definition) is 2. The maximum Gasteiger partial charge on any atom is 0.191 e. The van der Waals surface area contributed by atoms with Gasteiger partial charge in [-0.3, -0.25) is 4.99 Å². The Morgan fingerprint density at radius 2 is 2.15 bits per heavy atom. The van der Waals surface area contributed by atoms with Crippen LogP contribution < -0.4 is 15.5 Å². The molecule has 0 bridgehead atoms. The van der Waals surface area contributed by atoms with E-state index in [0.717, 1.165) is 69.1 Å². The average molecular weight is 549 g/mol. The van der Waals surface area contributed by atoms with Crippen molar-refractivity contribution in [3.8, 4) is 0 Å². The Bertz CT molecular complexity index is 635. The molecule has 0 amide bonds. The van der Waals surface area contributed by atoms with Gasteiger partial charge < -0.3 is 20.3 Å². The second-order valence-electron chi connectivity index (χ2n) is 6.75. The maximum absolute atomic E-state index is 5.36. The van der Waals surface area contributed by atoms with E-state index in [1.54, 1.807) is 0 Å². The molecule has 5 nitrogen and oxygen atoms in total. The minimum atomic E-state index is 0. The van der Waals surface area contributed by atoms with Gasteiger partial charge >= 0.3 is 0 Å².